The van der Waals surface area contributed by atoms with Crippen LogP contribution in [0, 0.1) is 19.8 Å². The maximum Gasteiger partial charge on any atom is 0.262 e. The second-order valence-corrected chi connectivity index (χ2v) is 10.5. The Hall–Kier alpha value is -2.91. The van der Waals surface area contributed by atoms with Crippen molar-refractivity contribution in [2.45, 2.75) is 38.5 Å². The van der Waals surface area contributed by atoms with E-state index >= 15 is 0 Å². The molecule has 1 N–H and O–H groups in total. The number of hydrogen-bond acceptors (Lipinski definition) is 5. The molecule has 0 saturated carbocycles. The van der Waals surface area contributed by atoms with Crippen molar-refractivity contribution < 1.29 is 22.7 Å². The van der Waals surface area contributed by atoms with E-state index in [4.69, 9.17) is 4.74 Å². The van der Waals surface area contributed by atoms with E-state index in [-0.39, 0.29) is 29.9 Å². The molecule has 4 rings (SSSR count). The average molecular weight is 472 g/mol. The van der Waals surface area contributed by atoms with Gasteiger partial charge in [-0.15, -0.1) is 0 Å². The Labute approximate surface area is 194 Å². The molecule has 2 heterocycles. The molecule has 0 aromatic heterocycles. The van der Waals surface area contributed by atoms with Crippen LogP contribution in [0.4, 0.5) is 11.4 Å². The van der Waals surface area contributed by atoms with Crippen LogP contribution in [0.1, 0.15) is 30.9 Å². The van der Waals surface area contributed by atoms with E-state index in [0.29, 0.717) is 42.9 Å². The van der Waals surface area contributed by atoms with Crippen LogP contribution in [0.25, 0.3) is 0 Å². The Bertz CT molecular complexity index is 1190. The monoisotopic (exact) mass is 471 g/mol. The van der Waals surface area contributed by atoms with E-state index < -0.39 is 15.9 Å². The van der Waals surface area contributed by atoms with Gasteiger partial charge in [0.25, 0.3) is 5.91 Å². The summed E-state index contributed by atoms with van der Waals surface area (Å²) >= 11 is 0. The number of rotatable bonds is 5. The summed E-state index contributed by atoms with van der Waals surface area (Å²) in [5.74, 6) is -0.414. The first kappa shape index (κ1) is 23.3. The molecule has 1 fully saturated rings. The zero-order valence-corrected chi connectivity index (χ0v) is 19.9. The van der Waals surface area contributed by atoms with E-state index in [9.17, 15) is 18.0 Å². The molecule has 0 aliphatic carbocycles. The van der Waals surface area contributed by atoms with Crippen LogP contribution in [0.3, 0.4) is 0 Å². The van der Waals surface area contributed by atoms with Crippen LogP contribution in [0.2, 0.25) is 0 Å². The largest absolute Gasteiger partial charge is 0.482 e. The van der Waals surface area contributed by atoms with Gasteiger partial charge in [0, 0.05) is 31.4 Å². The normalized spacial score (nSPS) is 18.8. The van der Waals surface area contributed by atoms with Crippen LogP contribution in [0.5, 0.6) is 5.75 Å². The highest BCUT2D eigenvalue weighted by Gasteiger charge is 2.36. The molecular weight excluding hydrogens is 442 g/mol. The molecule has 1 saturated heterocycles. The maximum atomic E-state index is 13.5. The highest BCUT2D eigenvalue weighted by atomic mass is 32.2. The Morgan fingerprint density at radius 3 is 2.76 bits per heavy atom. The molecule has 2 aliphatic rings. The minimum Gasteiger partial charge on any atom is -0.482 e. The molecule has 2 aromatic rings. The average Bonchev–Trinajstić information content (AvgIpc) is 2.79. The van der Waals surface area contributed by atoms with Gasteiger partial charge >= 0.3 is 0 Å². The molecule has 2 aromatic carbocycles. The first-order chi connectivity index (χ1) is 15.7. The number of nitrogens with zero attached hydrogens (tertiary/aromatic N) is 2. The quantitative estimate of drug-likeness (QED) is 0.723. The Morgan fingerprint density at radius 2 is 2.03 bits per heavy atom. The van der Waals surface area contributed by atoms with Crippen LogP contribution >= 0.6 is 0 Å². The SMILES string of the molecule is CCN(C(=O)[C@H]1CCCN(S(=O)(=O)c2cc3c(cc2C)NC(=O)CO3)C1)c1cccc(C)c1. The lowest BCUT2D eigenvalue weighted by atomic mass is 9.97. The van der Waals surface area contributed by atoms with Crippen LogP contribution < -0.4 is 15.0 Å². The fourth-order valence-corrected chi connectivity index (χ4v) is 6.22. The Kier molecular flexibility index (Phi) is 6.45. The molecule has 176 valence electrons. The van der Waals surface area contributed by atoms with Crippen molar-refractivity contribution >= 4 is 33.2 Å². The van der Waals surface area contributed by atoms with Crippen molar-refractivity contribution in [1.29, 1.82) is 0 Å². The van der Waals surface area contributed by atoms with Gasteiger partial charge in [-0.1, -0.05) is 12.1 Å². The van der Waals surface area contributed by atoms with Gasteiger partial charge in [0.1, 0.15) is 5.75 Å². The summed E-state index contributed by atoms with van der Waals surface area (Å²) in [6.45, 7) is 6.45. The van der Waals surface area contributed by atoms with E-state index in [1.165, 1.54) is 10.4 Å². The predicted octanol–water partition coefficient (Wildman–Crippen LogP) is 3.09. The number of hydrogen-bond donors (Lipinski definition) is 1. The van der Waals surface area contributed by atoms with Crippen molar-refractivity contribution in [3.8, 4) is 5.75 Å². The van der Waals surface area contributed by atoms with Gasteiger partial charge in [-0.25, -0.2) is 8.42 Å². The zero-order chi connectivity index (χ0) is 23.8. The third-order valence-electron chi connectivity index (χ3n) is 6.16. The molecule has 2 amide bonds. The Morgan fingerprint density at radius 1 is 1.24 bits per heavy atom. The third-order valence-corrected chi connectivity index (χ3v) is 8.16. The number of nitrogens with one attached hydrogen (secondary N) is 1. The van der Waals surface area contributed by atoms with Crippen LogP contribution in [0.15, 0.2) is 41.3 Å². The number of benzene rings is 2. The third kappa shape index (κ3) is 4.60. The molecule has 33 heavy (non-hydrogen) atoms. The standard InChI is InChI=1S/C24H29N3O5S/c1-4-27(19-9-5-7-16(2)11-19)24(29)18-8-6-10-26(14-18)33(30,31)22-13-21-20(12-17(22)3)25-23(28)15-32-21/h5,7,9,11-13,18H,4,6,8,10,14-15H2,1-3H3,(H,25,28)/t18-/m0/s1. The van der Waals surface area contributed by atoms with E-state index in [2.05, 4.69) is 5.32 Å². The van der Waals surface area contributed by atoms with Crippen molar-refractivity contribution in [3.05, 3.63) is 47.5 Å². The van der Waals surface area contributed by atoms with Crippen molar-refractivity contribution in [1.82, 2.24) is 4.31 Å². The summed E-state index contributed by atoms with van der Waals surface area (Å²) in [4.78, 5) is 26.8. The summed E-state index contributed by atoms with van der Waals surface area (Å²) in [7, 11) is -3.84. The second kappa shape index (κ2) is 9.15. The molecule has 0 spiro atoms. The number of ether oxygens (including phenoxy) is 1. The summed E-state index contributed by atoms with van der Waals surface area (Å²) in [6, 6.07) is 10.8. The van der Waals surface area contributed by atoms with E-state index in [1.807, 2.05) is 38.1 Å². The number of carbonyl (C=O) groups is 2. The van der Waals surface area contributed by atoms with Gasteiger partial charge in [-0.2, -0.15) is 4.31 Å². The smallest absolute Gasteiger partial charge is 0.262 e. The fourth-order valence-electron chi connectivity index (χ4n) is 4.48. The van der Waals surface area contributed by atoms with E-state index in [1.54, 1.807) is 17.9 Å². The highest BCUT2D eigenvalue weighted by Crippen LogP contribution is 2.35. The first-order valence-electron chi connectivity index (χ1n) is 11.2. The fraction of sp³-hybridized carbons (Fsp3) is 0.417. The van der Waals surface area contributed by atoms with Gasteiger partial charge in [-0.05, 0) is 62.9 Å². The molecule has 8 nitrogen and oxygen atoms in total. The summed E-state index contributed by atoms with van der Waals surface area (Å²) < 4.78 is 33.9. The Balaban J connectivity index is 1.58. The summed E-state index contributed by atoms with van der Waals surface area (Å²) in [5.41, 5.74) is 2.87. The number of piperidine rings is 1. The maximum absolute atomic E-state index is 13.5. The first-order valence-corrected chi connectivity index (χ1v) is 12.6. The van der Waals surface area contributed by atoms with Gasteiger partial charge < -0.3 is 15.0 Å². The molecular formula is C24H29N3O5S. The molecule has 1 atom stereocenters. The number of fused-ring (bicyclic) bond motifs is 1. The van der Waals surface area contributed by atoms with Crippen molar-refractivity contribution in [2.75, 3.05) is 36.5 Å². The summed E-state index contributed by atoms with van der Waals surface area (Å²) in [5, 5.41) is 2.70. The van der Waals surface area contributed by atoms with Gasteiger partial charge in [-0.3, -0.25) is 9.59 Å². The van der Waals surface area contributed by atoms with Crippen molar-refractivity contribution in [2.24, 2.45) is 5.92 Å². The number of sulfonamides is 1. The molecule has 0 bridgehead atoms. The van der Waals surface area contributed by atoms with Crippen LogP contribution in [-0.4, -0.2) is 50.8 Å². The zero-order valence-electron chi connectivity index (χ0n) is 19.1. The van der Waals surface area contributed by atoms with Gasteiger partial charge in [0.15, 0.2) is 6.61 Å². The predicted molar refractivity (Wildman–Crippen MR) is 126 cm³/mol. The van der Waals surface area contributed by atoms with Gasteiger partial charge in [0.05, 0.1) is 16.5 Å². The van der Waals surface area contributed by atoms with Crippen molar-refractivity contribution in [3.63, 3.8) is 0 Å². The summed E-state index contributed by atoms with van der Waals surface area (Å²) in [6.07, 6.45) is 1.25. The molecule has 0 radical (unpaired) electrons. The topological polar surface area (TPSA) is 96.0 Å². The van der Waals surface area contributed by atoms with Crippen LogP contribution in [-0.2, 0) is 19.6 Å². The molecule has 0 unspecified atom stereocenters. The number of carbonyl (C=O) groups excluding carboxylic acids is 2. The molecule has 9 heteroatoms. The minimum absolute atomic E-state index is 0.0591. The second-order valence-electron chi connectivity index (χ2n) is 8.57. The highest BCUT2D eigenvalue weighted by molar-refractivity contribution is 7.89. The molecule has 2 aliphatic heterocycles. The minimum atomic E-state index is -3.84. The number of aryl methyl sites for hydroxylation is 2. The van der Waals surface area contributed by atoms with E-state index in [0.717, 1.165) is 11.3 Å². The number of amides is 2. The lowest BCUT2D eigenvalue weighted by Gasteiger charge is -2.34. The lowest BCUT2D eigenvalue weighted by molar-refractivity contribution is -0.123. The van der Waals surface area contributed by atoms with Gasteiger partial charge in [0.2, 0.25) is 15.9 Å². The number of anilines is 2. The lowest BCUT2D eigenvalue weighted by Crippen LogP contribution is -2.47.